The summed E-state index contributed by atoms with van der Waals surface area (Å²) in [4.78, 5) is 50.8. The molecule has 0 atom stereocenters. The molecule has 43 heavy (non-hydrogen) atoms. The van der Waals surface area contributed by atoms with Gasteiger partial charge in [-0.3, -0.25) is 9.59 Å². The lowest BCUT2D eigenvalue weighted by molar-refractivity contribution is -0.680. The number of carbonyl (C=O) groups is 2. The normalized spacial score (nSPS) is 34.7. The van der Waals surface area contributed by atoms with E-state index in [2.05, 4.69) is 6.92 Å². The van der Waals surface area contributed by atoms with Crippen molar-refractivity contribution in [1.29, 1.82) is 0 Å². The summed E-state index contributed by atoms with van der Waals surface area (Å²) in [5.74, 6) is 0.177. The summed E-state index contributed by atoms with van der Waals surface area (Å²) in [7, 11) is 0. The molecule has 2 spiro atoms. The molecular formula is C35H59NO7. The van der Waals surface area contributed by atoms with Gasteiger partial charge in [0.1, 0.15) is 0 Å². The molecule has 8 heteroatoms. The third kappa shape index (κ3) is 8.74. The van der Waals surface area contributed by atoms with Gasteiger partial charge in [0, 0.05) is 44.2 Å². The van der Waals surface area contributed by atoms with Crippen LogP contribution in [0, 0.1) is 29.6 Å². The number of hydrogen-bond acceptors (Lipinski definition) is 6. The average molecular weight is 606 g/mol. The van der Waals surface area contributed by atoms with Gasteiger partial charge in [-0.15, -0.1) is 0 Å². The van der Waals surface area contributed by atoms with Crippen LogP contribution >= 0.6 is 0 Å². The summed E-state index contributed by atoms with van der Waals surface area (Å²) in [6, 6.07) is 0. The Balaban J connectivity index is 0.978. The third-order valence-corrected chi connectivity index (χ3v) is 11.5. The number of nitrogens with zero attached hydrogens (tertiary/aromatic N) is 1. The van der Waals surface area contributed by atoms with Gasteiger partial charge in [-0.05, 0) is 69.1 Å². The molecule has 1 saturated heterocycles. The van der Waals surface area contributed by atoms with Crippen LogP contribution in [0.1, 0.15) is 155 Å². The van der Waals surface area contributed by atoms with E-state index in [0.29, 0.717) is 44.2 Å². The van der Waals surface area contributed by atoms with Crippen molar-refractivity contribution >= 4 is 11.9 Å². The van der Waals surface area contributed by atoms with Crippen molar-refractivity contribution in [3.05, 3.63) is 0 Å². The molecule has 1 heterocycles. The zero-order valence-corrected chi connectivity index (χ0v) is 26.9. The summed E-state index contributed by atoms with van der Waals surface area (Å²) >= 11 is 0. The Labute approximate surface area is 259 Å². The molecule has 0 radical (unpaired) electrons. The second kappa shape index (κ2) is 15.9. The molecule has 1 aliphatic heterocycles. The van der Waals surface area contributed by atoms with Gasteiger partial charge in [0.25, 0.3) is 0 Å². The second-order valence-corrected chi connectivity index (χ2v) is 14.8. The van der Waals surface area contributed by atoms with E-state index in [0.717, 1.165) is 63.2 Å². The average Bonchev–Trinajstić information content (AvgIpc) is 2.99. The van der Waals surface area contributed by atoms with Crippen LogP contribution in [0.2, 0.25) is 0 Å². The van der Waals surface area contributed by atoms with E-state index < -0.39 is 17.5 Å². The van der Waals surface area contributed by atoms with Crippen molar-refractivity contribution in [3.8, 4) is 0 Å². The first-order valence-corrected chi connectivity index (χ1v) is 18.1. The van der Waals surface area contributed by atoms with Gasteiger partial charge in [0.15, 0.2) is 0 Å². The molecule has 0 aromatic heterocycles. The van der Waals surface area contributed by atoms with Crippen LogP contribution in [0.25, 0.3) is 0 Å². The van der Waals surface area contributed by atoms with Gasteiger partial charge in [0.2, 0.25) is 17.5 Å². The van der Waals surface area contributed by atoms with Gasteiger partial charge in [-0.2, -0.15) is 19.6 Å². The van der Waals surface area contributed by atoms with E-state index in [9.17, 15) is 14.7 Å². The molecule has 5 aliphatic carbocycles. The Hall–Kier alpha value is -1.22. The molecule has 246 valence electrons. The number of carbonyl (C=O) groups excluding carboxylic acids is 1. The van der Waals surface area contributed by atoms with E-state index in [1.54, 1.807) is 4.90 Å². The van der Waals surface area contributed by atoms with E-state index >= 15 is 0 Å². The SMILES string of the molecule is CCCCCCCCCCCCCCN(CCC(=O)O)C(=O)CC1CCC2(CC1)OOC1(OO2)C2CC3CC(C2)CC1C3. The number of carboxylic acids is 1. The largest absolute Gasteiger partial charge is 0.481 e. The molecule has 4 bridgehead atoms. The summed E-state index contributed by atoms with van der Waals surface area (Å²) in [5, 5.41) is 9.25. The summed E-state index contributed by atoms with van der Waals surface area (Å²) in [5.41, 5.74) is 0. The highest BCUT2D eigenvalue weighted by Crippen LogP contribution is 2.62. The molecule has 8 nitrogen and oxygen atoms in total. The third-order valence-electron chi connectivity index (χ3n) is 11.5. The highest BCUT2D eigenvalue weighted by molar-refractivity contribution is 5.77. The van der Waals surface area contributed by atoms with Crippen LogP contribution in [-0.4, -0.2) is 46.5 Å². The molecule has 0 aromatic rings. The van der Waals surface area contributed by atoms with Gasteiger partial charge in [-0.1, -0.05) is 77.6 Å². The maximum atomic E-state index is 13.3. The second-order valence-electron chi connectivity index (χ2n) is 14.8. The summed E-state index contributed by atoms with van der Waals surface area (Å²) in [6.45, 7) is 3.21. The zero-order chi connectivity index (χ0) is 30.1. The minimum Gasteiger partial charge on any atom is -0.481 e. The van der Waals surface area contributed by atoms with Crippen LogP contribution in [0.4, 0.5) is 0 Å². The van der Waals surface area contributed by atoms with Crippen molar-refractivity contribution in [2.75, 3.05) is 13.1 Å². The maximum Gasteiger partial charge on any atom is 0.305 e. The number of amides is 1. The fraction of sp³-hybridized carbons (Fsp3) is 0.943. The fourth-order valence-corrected chi connectivity index (χ4v) is 9.02. The van der Waals surface area contributed by atoms with Crippen LogP contribution in [0.15, 0.2) is 0 Å². The van der Waals surface area contributed by atoms with E-state index in [-0.39, 0.29) is 18.2 Å². The first kappa shape index (κ1) is 33.2. The molecule has 1 N–H and O–H groups in total. The van der Waals surface area contributed by atoms with Gasteiger partial charge < -0.3 is 10.0 Å². The Morgan fingerprint density at radius 1 is 0.698 bits per heavy atom. The highest BCUT2D eigenvalue weighted by Gasteiger charge is 2.64. The van der Waals surface area contributed by atoms with Crippen LogP contribution in [-0.2, 0) is 29.1 Å². The summed E-state index contributed by atoms with van der Waals surface area (Å²) < 4.78 is 0. The Kier molecular flexibility index (Phi) is 12.2. The van der Waals surface area contributed by atoms with E-state index in [4.69, 9.17) is 19.6 Å². The van der Waals surface area contributed by atoms with Crippen molar-refractivity contribution in [3.63, 3.8) is 0 Å². The molecule has 1 amide bonds. The topological polar surface area (TPSA) is 94.5 Å². The lowest BCUT2D eigenvalue weighted by Crippen LogP contribution is -2.64. The minimum absolute atomic E-state index is 0.000632. The van der Waals surface area contributed by atoms with Gasteiger partial charge >= 0.3 is 5.97 Å². The molecule has 6 fully saturated rings. The number of rotatable bonds is 18. The van der Waals surface area contributed by atoms with Crippen molar-refractivity contribution < 1.29 is 34.2 Å². The van der Waals surface area contributed by atoms with Crippen LogP contribution in [0.3, 0.4) is 0 Å². The van der Waals surface area contributed by atoms with Crippen LogP contribution < -0.4 is 0 Å². The molecule has 5 saturated carbocycles. The Bertz CT molecular complexity index is 845. The minimum atomic E-state index is -0.877. The maximum absolute atomic E-state index is 13.3. The fourth-order valence-electron chi connectivity index (χ4n) is 9.02. The predicted octanol–water partition coefficient (Wildman–Crippen LogP) is 8.33. The predicted molar refractivity (Wildman–Crippen MR) is 163 cm³/mol. The van der Waals surface area contributed by atoms with Gasteiger partial charge in [-0.25, -0.2) is 0 Å². The molecule has 6 aliphatic rings. The number of hydrogen-bond donors (Lipinski definition) is 1. The molecule has 0 unspecified atom stereocenters. The quantitative estimate of drug-likeness (QED) is 0.124. The van der Waals surface area contributed by atoms with Crippen molar-refractivity contribution in [1.82, 2.24) is 4.90 Å². The Morgan fingerprint density at radius 3 is 1.72 bits per heavy atom. The van der Waals surface area contributed by atoms with E-state index in [1.807, 2.05) is 0 Å². The molecule has 6 rings (SSSR count). The zero-order valence-electron chi connectivity index (χ0n) is 26.9. The smallest absolute Gasteiger partial charge is 0.305 e. The summed E-state index contributed by atoms with van der Waals surface area (Å²) in [6.07, 6.45) is 24.5. The number of carboxylic acid groups (broad SMARTS) is 1. The monoisotopic (exact) mass is 605 g/mol. The van der Waals surface area contributed by atoms with Crippen molar-refractivity contribution in [2.45, 2.75) is 166 Å². The number of aliphatic carboxylic acids is 1. The number of unbranched alkanes of at least 4 members (excludes halogenated alkanes) is 11. The molecule has 0 aromatic carbocycles. The Morgan fingerprint density at radius 2 is 1.21 bits per heavy atom. The lowest BCUT2D eigenvalue weighted by Gasteiger charge is -2.60. The lowest BCUT2D eigenvalue weighted by atomic mass is 9.53. The first-order chi connectivity index (χ1) is 20.9. The molecular weight excluding hydrogens is 546 g/mol. The van der Waals surface area contributed by atoms with E-state index in [1.165, 1.54) is 70.6 Å². The first-order valence-electron chi connectivity index (χ1n) is 18.1. The van der Waals surface area contributed by atoms with Gasteiger partial charge in [0.05, 0.1) is 6.42 Å². The van der Waals surface area contributed by atoms with Crippen molar-refractivity contribution in [2.24, 2.45) is 29.6 Å². The highest BCUT2D eigenvalue weighted by atomic mass is 17.4. The van der Waals surface area contributed by atoms with Crippen LogP contribution in [0.5, 0.6) is 0 Å². The standard InChI is InChI=1S/C35H59NO7/c1-2-3-4-5-6-7-8-9-10-11-12-13-19-36(20-16-33(38)39)32(37)26-27-14-17-34(18-15-27)40-42-35(43-41-34)30-22-28-21-29(24-30)25-31(35)23-28/h27-31H,2-26H2,1H3,(H,38,39).